The van der Waals surface area contributed by atoms with Gasteiger partial charge in [-0.25, -0.2) is 4.79 Å². The molecule has 1 heterocycles. The summed E-state index contributed by atoms with van der Waals surface area (Å²) in [5, 5.41) is 9.72. The molecule has 0 saturated heterocycles. The first-order chi connectivity index (χ1) is 12.7. The highest BCUT2D eigenvalue weighted by Gasteiger charge is 2.15. The molecule has 0 aliphatic carbocycles. The maximum Gasteiger partial charge on any atom is 0.321 e. The first-order valence-corrected chi connectivity index (χ1v) is 9.06. The van der Waals surface area contributed by atoms with E-state index < -0.39 is 0 Å². The Morgan fingerprint density at radius 3 is 2.44 bits per heavy atom. The lowest BCUT2D eigenvalue weighted by Crippen LogP contribution is -2.31. The highest BCUT2D eigenvalue weighted by molar-refractivity contribution is 5.95. The zero-order valence-electron chi connectivity index (χ0n) is 16.8. The SMILES string of the molecule is Cc1ccc(NC(=O)N(C)Cc2cc(C(C)C)on2)cc1NC(=O)C(C)C. The zero-order chi connectivity index (χ0) is 20.1. The van der Waals surface area contributed by atoms with Crippen molar-refractivity contribution in [3.05, 3.63) is 41.3 Å². The van der Waals surface area contributed by atoms with Gasteiger partial charge in [0, 0.05) is 36.3 Å². The molecule has 0 atom stereocenters. The molecule has 0 bridgehead atoms. The molecule has 0 aliphatic heterocycles. The van der Waals surface area contributed by atoms with Crippen LogP contribution in [0, 0.1) is 12.8 Å². The summed E-state index contributed by atoms with van der Waals surface area (Å²) in [5.74, 6) is 0.859. The molecule has 3 amide bonds. The highest BCUT2D eigenvalue weighted by Crippen LogP contribution is 2.22. The first kappa shape index (κ1) is 20.5. The zero-order valence-corrected chi connectivity index (χ0v) is 16.8. The first-order valence-electron chi connectivity index (χ1n) is 9.06. The summed E-state index contributed by atoms with van der Waals surface area (Å²) in [6.45, 7) is 9.95. The van der Waals surface area contributed by atoms with Crippen molar-refractivity contribution in [1.82, 2.24) is 10.1 Å². The van der Waals surface area contributed by atoms with Crippen molar-refractivity contribution in [3.8, 4) is 0 Å². The van der Waals surface area contributed by atoms with E-state index in [0.717, 1.165) is 11.3 Å². The van der Waals surface area contributed by atoms with Crippen molar-refractivity contribution in [3.63, 3.8) is 0 Å². The van der Waals surface area contributed by atoms with Crippen LogP contribution in [0.2, 0.25) is 0 Å². The number of nitrogens with zero attached hydrogens (tertiary/aromatic N) is 2. The Bertz CT molecular complexity index is 811. The number of aromatic nitrogens is 1. The van der Waals surface area contributed by atoms with Gasteiger partial charge in [-0.3, -0.25) is 4.79 Å². The van der Waals surface area contributed by atoms with Gasteiger partial charge in [0.05, 0.1) is 6.54 Å². The molecule has 1 aromatic carbocycles. The molecule has 0 aliphatic rings. The van der Waals surface area contributed by atoms with E-state index in [2.05, 4.69) is 15.8 Å². The van der Waals surface area contributed by atoms with E-state index in [-0.39, 0.29) is 23.8 Å². The summed E-state index contributed by atoms with van der Waals surface area (Å²) in [4.78, 5) is 25.9. The maximum atomic E-state index is 12.5. The molecule has 2 rings (SSSR count). The van der Waals surface area contributed by atoms with Crippen LogP contribution in [0.1, 0.15) is 50.6 Å². The van der Waals surface area contributed by atoms with Crippen LogP contribution in [0.5, 0.6) is 0 Å². The minimum atomic E-state index is -0.269. The Morgan fingerprint density at radius 2 is 1.85 bits per heavy atom. The molecule has 146 valence electrons. The van der Waals surface area contributed by atoms with Crippen molar-refractivity contribution in [2.75, 3.05) is 17.7 Å². The van der Waals surface area contributed by atoms with Crippen LogP contribution in [0.25, 0.3) is 0 Å². The molecule has 0 fully saturated rings. The van der Waals surface area contributed by atoms with E-state index in [4.69, 9.17) is 4.52 Å². The third-order valence-electron chi connectivity index (χ3n) is 4.16. The predicted molar refractivity (Wildman–Crippen MR) is 106 cm³/mol. The number of carbonyl (C=O) groups excluding carboxylic acids is 2. The van der Waals surface area contributed by atoms with Gasteiger partial charge in [-0.2, -0.15) is 0 Å². The molecule has 0 spiro atoms. The molecular formula is C20H28N4O3. The second kappa shape index (κ2) is 8.70. The van der Waals surface area contributed by atoms with Crippen LogP contribution in [-0.2, 0) is 11.3 Å². The number of urea groups is 1. The van der Waals surface area contributed by atoms with Crippen LogP contribution in [0.3, 0.4) is 0 Å². The highest BCUT2D eigenvalue weighted by atomic mass is 16.5. The number of hydrogen-bond donors (Lipinski definition) is 2. The van der Waals surface area contributed by atoms with Gasteiger partial charge in [0.25, 0.3) is 0 Å². The van der Waals surface area contributed by atoms with Gasteiger partial charge in [0.15, 0.2) is 0 Å². The van der Waals surface area contributed by atoms with Gasteiger partial charge in [-0.05, 0) is 24.6 Å². The van der Waals surface area contributed by atoms with E-state index in [0.29, 0.717) is 23.6 Å². The van der Waals surface area contributed by atoms with E-state index in [9.17, 15) is 9.59 Å². The third kappa shape index (κ3) is 5.57. The molecular weight excluding hydrogens is 344 g/mol. The summed E-state index contributed by atoms with van der Waals surface area (Å²) in [6.07, 6.45) is 0. The molecule has 7 nitrogen and oxygen atoms in total. The lowest BCUT2D eigenvalue weighted by molar-refractivity contribution is -0.118. The number of nitrogens with one attached hydrogen (secondary N) is 2. The van der Waals surface area contributed by atoms with Crippen molar-refractivity contribution in [2.24, 2.45) is 5.92 Å². The van der Waals surface area contributed by atoms with Gasteiger partial charge in [0.1, 0.15) is 11.5 Å². The summed E-state index contributed by atoms with van der Waals surface area (Å²) in [7, 11) is 1.69. The summed E-state index contributed by atoms with van der Waals surface area (Å²) >= 11 is 0. The quantitative estimate of drug-likeness (QED) is 0.788. The number of carbonyl (C=O) groups is 2. The van der Waals surface area contributed by atoms with E-state index in [1.807, 2.05) is 46.8 Å². The third-order valence-corrected chi connectivity index (χ3v) is 4.16. The molecule has 2 N–H and O–H groups in total. The van der Waals surface area contributed by atoms with E-state index >= 15 is 0 Å². The van der Waals surface area contributed by atoms with Gasteiger partial charge >= 0.3 is 6.03 Å². The Balaban J connectivity index is 2.02. The number of hydrogen-bond acceptors (Lipinski definition) is 4. The van der Waals surface area contributed by atoms with E-state index in [1.165, 1.54) is 4.90 Å². The van der Waals surface area contributed by atoms with Crippen LogP contribution in [0.15, 0.2) is 28.8 Å². The van der Waals surface area contributed by atoms with E-state index in [1.54, 1.807) is 19.2 Å². The molecule has 2 aromatic rings. The lowest BCUT2D eigenvalue weighted by Gasteiger charge is -2.18. The Morgan fingerprint density at radius 1 is 1.15 bits per heavy atom. The number of benzene rings is 1. The minimum Gasteiger partial charge on any atom is -0.361 e. The second-order valence-electron chi connectivity index (χ2n) is 7.34. The average molecular weight is 372 g/mol. The monoisotopic (exact) mass is 372 g/mol. The average Bonchev–Trinajstić information content (AvgIpc) is 3.06. The Kier molecular flexibility index (Phi) is 6.60. The van der Waals surface area contributed by atoms with Gasteiger partial charge < -0.3 is 20.1 Å². The van der Waals surface area contributed by atoms with Gasteiger partial charge in [-0.1, -0.05) is 38.9 Å². The minimum absolute atomic E-state index is 0.0642. The fraction of sp³-hybridized carbons (Fsp3) is 0.450. The number of rotatable bonds is 6. The number of anilines is 2. The Labute approximate surface area is 160 Å². The van der Waals surface area contributed by atoms with Crippen LogP contribution in [0.4, 0.5) is 16.2 Å². The fourth-order valence-electron chi connectivity index (χ4n) is 2.32. The maximum absolute atomic E-state index is 12.5. The smallest absolute Gasteiger partial charge is 0.321 e. The molecule has 0 saturated carbocycles. The number of aryl methyl sites for hydroxylation is 1. The molecule has 7 heteroatoms. The predicted octanol–water partition coefficient (Wildman–Crippen LogP) is 4.36. The van der Waals surface area contributed by atoms with Crippen LogP contribution < -0.4 is 10.6 Å². The topological polar surface area (TPSA) is 87.5 Å². The fourth-order valence-corrected chi connectivity index (χ4v) is 2.32. The molecule has 1 aromatic heterocycles. The summed E-state index contributed by atoms with van der Waals surface area (Å²) in [5.41, 5.74) is 2.93. The van der Waals surface area contributed by atoms with Crippen molar-refractivity contribution >= 4 is 23.3 Å². The lowest BCUT2D eigenvalue weighted by atomic mass is 10.1. The van der Waals surface area contributed by atoms with Crippen LogP contribution in [-0.4, -0.2) is 29.0 Å². The van der Waals surface area contributed by atoms with Crippen molar-refractivity contribution < 1.29 is 14.1 Å². The normalized spacial score (nSPS) is 11.0. The van der Waals surface area contributed by atoms with Crippen molar-refractivity contribution in [2.45, 2.75) is 47.1 Å². The van der Waals surface area contributed by atoms with Crippen molar-refractivity contribution in [1.29, 1.82) is 0 Å². The standard InChI is InChI=1S/C20H28N4O3/c1-12(2)18-10-16(23-27-18)11-24(6)20(26)21-15-8-7-14(5)17(9-15)22-19(25)13(3)4/h7-10,12-13H,11H2,1-6H3,(H,21,26)(H,22,25). The van der Waals surface area contributed by atoms with Gasteiger partial charge in [-0.15, -0.1) is 0 Å². The Hall–Kier alpha value is -2.83. The largest absolute Gasteiger partial charge is 0.361 e. The molecule has 0 radical (unpaired) electrons. The van der Waals surface area contributed by atoms with Gasteiger partial charge in [0.2, 0.25) is 5.91 Å². The second-order valence-corrected chi connectivity index (χ2v) is 7.34. The van der Waals surface area contributed by atoms with Crippen LogP contribution >= 0.6 is 0 Å². The molecule has 0 unspecified atom stereocenters. The summed E-state index contributed by atoms with van der Waals surface area (Å²) < 4.78 is 5.26. The summed E-state index contributed by atoms with van der Waals surface area (Å²) in [6, 6.07) is 7.01. The molecule has 27 heavy (non-hydrogen) atoms. The number of amides is 3.